The van der Waals surface area contributed by atoms with Gasteiger partial charge in [0.2, 0.25) is 0 Å². The van der Waals surface area contributed by atoms with Crippen molar-refractivity contribution in [3.05, 3.63) is 69.3 Å². The number of ether oxygens (including phenoxy) is 1. The van der Waals surface area contributed by atoms with Crippen LogP contribution in [-0.2, 0) is 13.2 Å². The number of carbonyl (C=O) groups excluding carboxylic acids is 1. The first-order valence-electron chi connectivity index (χ1n) is 8.47. The van der Waals surface area contributed by atoms with Crippen molar-refractivity contribution in [2.45, 2.75) is 33.0 Å². The van der Waals surface area contributed by atoms with Crippen molar-refractivity contribution in [2.75, 3.05) is 0 Å². The lowest BCUT2D eigenvalue weighted by molar-refractivity contribution is 0.0907. The van der Waals surface area contributed by atoms with Gasteiger partial charge >= 0.3 is 0 Å². The molecule has 0 radical (unpaired) electrons. The van der Waals surface area contributed by atoms with Crippen molar-refractivity contribution in [3.8, 4) is 5.75 Å². The zero-order valence-electron chi connectivity index (χ0n) is 14.9. The lowest BCUT2D eigenvalue weighted by Crippen LogP contribution is -2.26. The normalized spacial score (nSPS) is 12.0. The minimum Gasteiger partial charge on any atom is -0.484 e. The summed E-state index contributed by atoms with van der Waals surface area (Å²) in [5.41, 5.74) is 0.796. The maximum atomic E-state index is 12.4. The molecule has 142 valence electrons. The number of nitrogens with one attached hydrogen (secondary N) is 1. The molecule has 1 amide bonds. The van der Waals surface area contributed by atoms with Crippen LogP contribution >= 0.6 is 27.5 Å². The second-order valence-electron chi connectivity index (χ2n) is 5.92. The van der Waals surface area contributed by atoms with E-state index in [1.165, 1.54) is 0 Å². The molecule has 6 nitrogen and oxygen atoms in total. The van der Waals surface area contributed by atoms with Gasteiger partial charge in [-0.3, -0.25) is 9.48 Å². The zero-order valence-corrected chi connectivity index (χ0v) is 17.3. The van der Waals surface area contributed by atoms with Gasteiger partial charge in [-0.25, -0.2) is 0 Å². The van der Waals surface area contributed by atoms with Crippen LogP contribution in [0.25, 0.3) is 0 Å². The standard InChI is InChI=1S/C19H19BrClN3O3/c1-3-24-9-8-16(23-24)12(2)22-19(25)18-7-5-14(27-18)11-26-17-6-4-13(20)10-15(17)21/h4-10,12H,3,11H2,1-2H3,(H,22,25). The number of rotatable bonds is 7. The zero-order chi connectivity index (χ0) is 19.4. The molecule has 0 aliphatic carbocycles. The van der Waals surface area contributed by atoms with Crippen LogP contribution < -0.4 is 10.1 Å². The Labute approximate surface area is 170 Å². The van der Waals surface area contributed by atoms with E-state index in [4.69, 9.17) is 20.8 Å². The smallest absolute Gasteiger partial charge is 0.287 e. The first-order chi connectivity index (χ1) is 13.0. The Morgan fingerprint density at radius 1 is 1.37 bits per heavy atom. The number of hydrogen-bond acceptors (Lipinski definition) is 4. The number of halogens is 2. The van der Waals surface area contributed by atoms with E-state index in [0.717, 1.165) is 16.7 Å². The lowest BCUT2D eigenvalue weighted by atomic mass is 10.2. The molecule has 3 aromatic rings. The minimum atomic E-state index is -0.304. The first kappa shape index (κ1) is 19.5. The average Bonchev–Trinajstić information content (AvgIpc) is 3.30. The van der Waals surface area contributed by atoms with Gasteiger partial charge in [0.1, 0.15) is 18.1 Å². The van der Waals surface area contributed by atoms with Crippen LogP contribution in [0.3, 0.4) is 0 Å². The fourth-order valence-electron chi connectivity index (χ4n) is 2.44. The number of carbonyl (C=O) groups is 1. The van der Waals surface area contributed by atoms with Crippen molar-refractivity contribution in [1.29, 1.82) is 0 Å². The van der Waals surface area contributed by atoms with Gasteiger partial charge in [0.25, 0.3) is 5.91 Å². The van der Waals surface area contributed by atoms with Crippen LogP contribution in [0.1, 0.15) is 41.9 Å². The molecule has 1 aromatic carbocycles. The molecule has 2 heterocycles. The Bertz CT molecular complexity index is 938. The second-order valence-corrected chi connectivity index (χ2v) is 7.24. The summed E-state index contributed by atoms with van der Waals surface area (Å²) in [6.45, 7) is 4.84. The third-order valence-electron chi connectivity index (χ3n) is 3.93. The van der Waals surface area contributed by atoms with Gasteiger partial charge in [-0.2, -0.15) is 5.10 Å². The van der Waals surface area contributed by atoms with Gasteiger partial charge in [-0.05, 0) is 50.2 Å². The van der Waals surface area contributed by atoms with Crippen molar-refractivity contribution < 1.29 is 13.9 Å². The number of nitrogens with zero attached hydrogens (tertiary/aromatic N) is 2. The van der Waals surface area contributed by atoms with E-state index in [2.05, 4.69) is 26.3 Å². The van der Waals surface area contributed by atoms with Gasteiger partial charge in [0.15, 0.2) is 5.76 Å². The molecule has 8 heteroatoms. The van der Waals surface area contributed by atoms with Gasteiger partial charge in [-0.1, -0.05) is 27.5 Å². The van der Waals surface area contributed by atoms with Crippen molar-refractivity contribution in [2.24, 2.45) is 0 Å². The summed E-state index contributed by atoms with van der Waals surface area (Å²) in [5.74, 6) is 0.989. The highest BCUT2D eigenvalue weighted by atomic mass is 79.9. The van der Waals surface area contributed by atoms with Crippen molar-refractivity contribution in [1.82, 2.24) is 15.1 Å². The molecule has 0 fully saturated rings. The van der Waals surface area contributed by atoms with Crippen LogP contribution in [-0.4, -0.2) is 15.7 Å². The SMILES string of the molecule is CCn1ccc(C(C)NC(=O)c2ccc(COc3ccc(Br)cc3Cl)o2)n1. The maximum Gasteiger partial charge on any atom is 0.287 e. The monoisotopic (exact) mass is 451 g/mol. The van der Waals surface area contributed by atoms with E-state index in [-0.39, 0.29) is 24.3 Å². The van der Waals surface area contributed by atoms with E-state index in [1.54, 1.807) is 24.3 Å². The van der Waals surface area contributed by atoms with Crippen LogP contribution in [0, 0.1) is 0 Å². The third-order valence-corrected chi connectivity index (χ3v) is 4.71. The summed E-state index contributed by atoms with van der Waals surface area (Å²) in [6.07, 6.45) is 1.88. The third kappa shape index (κ3) is 4.93. The van der Waals surface area contributed by atoms with E-state index in [1.807, 2.05) is 36.9 Å². The van der Waals surface area contributed by atoms with Crippen LogP contribution in [0.2, 0.25) is 5.02 Å². The minimum absolute atomic E-state index is 0.172. The highest BCUT2D eigenvalue weighted by molar-refractivity contribution is 9.10. The van der Waals surface area contributed by atoms with Crippen molar-refractivity contribution >= 4 is 33.4 Å². The number of aromatic nitrogens is 2. The summed E-state index contributed by atoms with van der Waals surface area (Å²) >= 11 is 9.47. The van der Waals surface area contributed by atoms with Crippen LogP contribution in [0.5, 0.6) is 5.75 Å². The molecule has 1 unspecified atom stereocenters. The molecule has 0 spiro atoms. The van der Waals surface area contributed by atoms with E-state index < -0.39 is 0 Å². The summed E-state index contributed by atoms with van der Waals surface area (Å²) in [4.78, 5) is 12.4. The molecular formula is C19H19BrClN3O3. The molecular weight excluding hydrogens is 434 g/mol. The summed E-state index contributed by atoms with van der Waals surface area (Å²) in [7, 11) is 0. The second kappa shape index (κ2) is 8.63. The molecule has 0 aliphatic rings. The van der Waals surface area contributed by atoms with Gasteiger partial charge in [0.05, 0.1) is 16.8 Å². The highest BCUT2D eigenvalue weighted by Gasteiger charge is 2.17. The number of benzene rings is 1. The molecule has 1 N–H and O–H groups in total. The maximum absolute atomic E-state index is 12.4. The van der Waals surface area contributed by atoms with Gasteiger partial charge in [-0.15, -0.1) is 0 Å². The van der Waals surface area contributed by atoms with Crippen LogP contribution in [0.15, 0.2) is 51.5 Å². The summed E-state index contributed by atoms with van der Waals surface area (Å²) in [5, 5.41) is 7.76. The molecule has 3 rings (SSSR count). The molecule has 27 heavy (non-hydrogen) atoms. The highest BCUT2D eigenvalue weighted by Crippen LogP contribution is 2.28. The fourth-order valence-corrected chi connectivity index (χ4v) is 3.17. The van der Waals surface area contributed by atoms with Crippen LogP contribution in [0.4, 0.5) is 0 Å². The molecule has 1 atom stereocenters. The predicted molar refractivity (Wildman–Crippen MR) is 106 cm³/mol. The Morgan fingerprint density at radius 3 is 2.89 bits per heavy atom. The number of aryl methyl sites for hydroxylation is 1. The molecule has 0 aliphatic heterocycles. The summed E-state index contributed by atoms with van der Waals surface area (Å²) < 4.78 is 13.9. The lowest BCUT2D eigenvalue weighted by Gasteiger charge is -2.10. The number of amides is 1. The topological polar surface area (TPSA) is 69.3 Å². The largest absolute Gasteiger partial charge is 0.484 e. The van der Waals surface area contributed by atoms with E-state index >= 15 is 0 Å². The quantitative estimate of drug-likeness (QED) is 0.549. The molecule has 0 saturated carbocycles. The predicted octanol–water partition coefficient (Wildman–Crippen LogP) is 4.98. The van der Waals surface area contributed by atoms with E-state index in [9.17, 15) is 4.79 Å². The fraction of sp³-hybridized carbons (Fsp3) is 0.263. The molecule has 0 bridgehead atoms. The average molecular weight is 453 g/mol. The van der Waals surface area contributed by atoms with Gasteiger partial charge < -0.3 is 14.5 Å². The number of hydrogen-bond donors (Lipinski definition) is 1. The van der Waals surface area contributed by atoms with Gasteiger partial charge in [0, 0.05) is 17.2 Å². The van der Waals surface area contributed by atoms with E-state index in [0.29, 0.717) is 16.5 Å². The summed E-state index contributed by atoms with van der Waals surface area (Å²) in [6, 6.07) is 10.3. The Balaban J connectivity index is 1.58. The molecule has 0 saturated heterocycles. The number of furan rings is 1. The Kier molecular flexibility index (Phi) is 6.23. The van der Waals surface area contributed by atoms with Crippen molar-refractivity contribution in [3.63, 3.8) is 0 Å². The Morgan fingerprint density at radius 2 is 2.19 bits per heavy atom. The Hall–Kier alpha value is -2.25. The molecule has 2 aromatic heterocycles. The first-order valence-corrected chi connectivity index (χ1v) is 9.64.